The second-order valence-electron chi connectivity index (χ2n) is 7.62. The number of aryl methyl sites for hydroxylation is 1. The number of benzene rings is 3. The van der Waals surface area contributed by atoms with Gasteiger partial charge in [0, 0.05) is 0 Å². The highest BCUT2D eigenvalue weighted by Gasteiger charge is 2.59. The zero-order valence-corrected chi connectivity index (χ0v) is 16.9. The molecule has 0 aliphatic carbocycles. The zero-order chi connectivity index (χ0) is 20.0. The summed E-state index contributed by atoms with van der Waals surface area (Å²) in [5.74, 6) is 1.47. The summed E-state index contributed by atoms with van der Waals surface area (Å²) in [6.07, 6.45) is -0.0266. The highest BCUT2D eigenvalue weighted by molar-refractivity contribution is 6.08. The number of methoxy groups -OCH3 is 2. The highest BCUT2D eigenvalue weighted by atomic mass is 16.5. The van der Waals surface area contributed by atoms with Crippen LogP contribution in [0.1, 0.15) is 34.5 Å². The maximum absolute atomic E-state index is 5.53. The summed E-state index contributed by atoms with van der Waals surface area (Å²) in [5.41, 5.74) is 6.08. The monoisotopic (exact) mass is 384 g/mol. The van der Waals surface area contributed by atoms with E-state index in [1.807, 2.05) is 12.1 Å². The molecule has 0 radical (unpaired) electrons. The van der Waals surface area contributed by atoms with Gasteiger partial charge in [0.05, 0.1) is 32.0 Å². The van der Waals surface area contributed by atoms with Crippen molar-refractivity contribution < 1.29 is 9.47 Å². The molecule has 0 amide bonds. The van der Waals surface area contributed by atoms with Gasteiger partial charge in [0.1, 0.15) is 6.17 Å². The van der Waals surface area contributed by atoms with Crippen LogP contribution in [-0.4, -0.2) is 30.9 Å². The summed E-state index contributed by atoms with van der Waals surface area (Å²) in [5, 5.41) is 0. The molecule has 29 heavy (non-hydrogen) atoms. The first-order valence-electron chi connectivity index (χ1n) is 9.90. The maximum Gasteiger partial charge on any atom is 0.161 e. The number of aliphatic imine (C=N–C) groups is 1. The van der Waals surface area contributed by atoms with E-state index in [9.17, 15) is 0 Å². The lowest BCUT2D eigenvalue weighted by molar-refractivity contribution is 0.351. The topological polar surface area (TPSA) is 33.8 Å². The van der Waals surface area contributed by atoms with Gasteiger partial charge in [0.25, 0.3) is 0 Å². The quantitative estimate of drug-likeness (QED) is 0.584. The molecule has 2 heterocycles. The summed E-state index contributed by atoms with van der Waals surface area (Å²) in [6, 6.07) is 26.1. The molecule has 0 aromatic heterocycles. The van der Waals surface area contributed by atoms with Gasteiger partial charge in [0.15, 0.2) is 11.5 Å². The van der Waals surface area contributed by atoms with Gasteiger partial charge in [-0.25, -0.2) is 0 Å². The van der Waals surface area contributed by atoms with Crippen molar-refractivity contribution >= 4 is 5.71 Å². The predicted octanol–water partition coefficient (Wildman–Crippen LogP) is 4.94. The lowest BCUT2D eigenvalue weighted by Gasteiger charge is -2.16. The smallest absolute Gasteiger partial charge is 0.161 e. The van der Waals surface area contributed by atoms with Crippen molar-refractivity contribution in [3.8, 4) is 11.5 Å². The van der Waals surface area contributed by atoms with Gasteiger partial charge >= 0.3 is 0 Å². The molecule has 2 aliphatic heterocycles. The molecule has 3 aromatic carbocycles. The Labute approximate surface area is 171 Å². The van der Waals surface area contributed by atoms with Gasteiger partial charge in [-0.15, -0.1) is 0 Å². The predicted molar refractivity (Wildman–Crippen MR) is 115 cm³/mol. The molecule has 4 nitrogen and oxygen atoms in total. The summed E-state index contributed by atoms with van der Waals surface area (Å²) in [6.45, 7) is 2.11. The van der Waals surface area contributed by atoms with Crippen LogP contribution >= 0.6 is 0 Å². The van der Waals surface area contributed by atoms with Crippen LogP contribution in [0.2, 0.25) is 0 Å². The highest BCUT2D eigenvalue weighted by Crippen LogP contribution is 2.56. The van der Waals surface area contributed by atoms with E-state index in [1.165, 1.54) is 22.4 Å². The van der Waals surface area contributed by atoms with Crippen LogP contribution in [0, 0.1) is 6.92 Å². The van der Waals surface area contributed by atoms with Crippen LogP contribution in [0.3, 0.4) is 0 Å². The fourth-order valence-electron chi connectivity index (χ4n) is 4.35. The summed E-state index contributed by atoms with van der Waals surface area (Å²) in [7, 11) is 3.33. The molecule has 5 rings (SSSR count). The van der Waals surface area contributed by atoms with E-state index in [4.69, 9.17) is 14.5 Å². The molecule has 4 atom stereocenters. The van der Waals surface area contributed by atoms with Gasteiger partial charge in [-0.05, 0) is 35.7 Å². The van der Waals surface area contributed by atoms with E-state index in [2.05, 4.69) is 72.5 Å². The Morgan fingerprint density at radius 1 is 0.759 bits per heavy atom. The molecule has 146 valence electrons. The largest absolute Gasteiger partial charge is 0.493 e. The minimum absolute atomic E-state index is 0.0266. The fourth-order valence-corrected chi connectivity index (χ4v) is 4.35. The third kappa shape index (κ3) is 3.00. The van der Waals surface area contributed by atoms with Crippen molar-refractivity contribution in [3.05, 3.63) is 95.1 Å². The third-order valence-corrected chi connectivity index (χ3v) is 5.87. The number of ether oxygens (including phenoxy) is 2. The molecule has 2 aliphatic rings. The lowest BCUT2D eigenvalue weighted by atomic mass is 10.0. The number of hydrogen-bond donors (Lipinski definition) is 0. The Morgan fingerprint density at radius 2 is 1.48 bits per heavy atom. The summed E-state index contributed by atoms with van der Waals surface area (Å²) < 4.78 is 10.9. The number of nitrogens with zero attached hydrogens (tertiary/aromatic N) is 2. The molecule has 1 fully saturated rings. The number of hydrogen-bond acceptors (Lipinski definition) is 4. The molecular formula is C25H24N2O2. The van der Waals surface area contributed by atoms with Crippen LogP contribution in [0.15, 0.2) is 77.8 Å². The second-order valence-corrected chi connectivity index (χ2v) is 7.62. The van der Waals surface area contributed by atoms with Crippen molar-refractivity contribution in [1.29, 1.82) is 0 Å². The van der Waals surface area contributed by atoms with Crippen LogP contribution in [0.4, 0.5) is 0 Å². The first-order valence-corrected chi connectivity index (χ1v) is 9.90. The van der Waals surface area contributed by atoms with Gasteiger partial charge < -0.3 is 9.47 Å². The van der Waals surface area contributed by atoms with Gasteiger partial charge in [0.2, 0.25) is 0 Å². The minimum Gasteiger partial charge on any atom is -0.493 e. The normalized spacial score (nSPS) is 24.6. The van der Waals surface area contributed by atoms with E-state index in [0.29, 0.717) is 12.1 Å². The maximum atomic E-state index is 5.53. The molecule has 0 spiro atoms. The minimum atomic E-state index is -0.0266. The fraction of sp³-hybridized carbons (Fsp3) is 0.240. The Hall–Kier alpha value is -3.11. The lowest BCUT2D eigenvalue weighted by Crippen LogP contribution is -2.08. The van der Waals surface area contributed by atoms with Crippen molar-refractivity contribution in [2.45, 2.75) is 25.2 Å². The Bertz CT molecular complexity index is 1060. The molecule has 0 bridgehead atoms. The van der Waals surface area contributed by atoms with Crippen LogP contribution in [0.5, 0.6) is 11.5 Å². The van der Waals surface area contributed by atoms with Crippen molar-refractivity contribution in [2.24, 2.45) is 4.99 Å². The molecule has 0 N–H and O–H groups in total. The Balaban J connectivity index is 1.57. The van der Waals surface area contributed by atoms with E-state index in [1.54, 1.807) is 14.2 Å². The van der Waals surface area contributed by atoms with Gasteiger partial charge in [-0.2, -0.15) is 0 Å². The molecule has 3 aromatic rings. The first-order chi connectivity index (χ1) is 14.2. The van der Waals surface area contributed by atoms with E-state index < -0.39 is 0 Å². The molecule has 1 unspecified atom stereocenters. The SMILES string of the molecule is COc1ccc([C@H]2N=C(c3ccc(C)cc3)[C@H]3[C@H](c4ccccc4)N23)cc1OC. The molecule has 4 heteroatoms. The molecule has 0 saturated carbocycles. The zero-order valence-electron chi connectivity index (χ0n) is 16.9. The van der Waals surface area contributed by atoms with Gasteiger partial charge in [-0.3, -0.25) is 9.89 Å². The van der Waals surface area contributed by atoms with Gasteiger partial charge in [-0.1, -0.05) is 66.2 Å². The number of fused-ring (bicyclic) bond motifs is 1. The van der Waals surface area contributed by atoms with E-state index in [0.717, 1.165) is 17.1 Å². The molecular weight excluding hydrogens is 360 g/mol. The van der Waals surface area contributed by atoms with E-state index >= 15 is 0 Å². The summed E-state index contributed by atoms with van der Waals surface area (Å²) in [4.78, 5) is 7.62. The van der Waals surface area contributed by atoms with E-state index in [-0.39, 0.29) is 6.17 Å². The second kappa shape index (κ2) is 7.05. The molecule has 1 saturated heterocycles. The first kappa shape index (κ1) is 18.0. The Morgan fingerprint density at radius 3 is 2.17 bits per heavy atom. The standard InChI is InChI=1S/C25H24N2O2/c1-16-9-11-17(12-10-16)22-24-23(18-7-5-4-6-8-18)27(24)25(26-22)19-13-14-20(28-2)21(15-19)29-3/h4-15,23-25H,1-3H3/t23-,24-,25-,27?/m0/s1. The average molecular weight is 384 g/mol. The van der Waals surface area contributed by atoms with Crippen LogP contribution in [-0.2, 0) is 0 Å². The van der Waals surface area contributed by atoms with Crippen LogP contribution in [0.25, 0.3) is 0 Å². The third-order valence-electron chi connectivity index (χ3n) is 5.87. The van der Waals surface area contributed by atoms with Crippen molar-refractivity contribution in [1.82, 2.24) is 4.90 Å². The Kier molecular flexibility index (Phi) is 4.36. The summed E-state index contributed by atoms with van der Waals surface area (Å²) >= 11 is 0. The van der Waals surface area contributed by atoms with Crippen molar-refractivity contribution in [2.75, 3.05) is 14.2 Å². The number of rotatable bonds is 5. The van der Waals surface area contributed by atoms with Crippen LogP contribution < -0.4 is 9.47 Å². The average Bonchev–Trinajstić information content (AvgIpc) is 3.38. The van der Waals surface area contributed by atoms with Crippen molar-refractivity contribution in [3.63, 3.8) is 0 Å².